The number of hydrogen-bond donors (Lipinski definition) is 3. The summed E-state index contributed by atoms with van der Waals surface area (Å²) in [7, 11) is -2.85. The molecule has 0 saturated heterocycles. The summed E-state index contributed by atoms with van der Waals surface area (Å²) < 4.78 is 27.0. The highest BCUT2D eigenvalue weighted by Gasteiger charge is 2.51. The van der Waals surface area contributed by atoms with Crippen LogP contribution in [0.4, 0.5) is 8.87 Å². The molecule has 1 unspecified atom stereocenters. The van der Waals surface area contributed by atoms with Gasteiger partial charge in [-0.15, -0.1) is 4.48 Å². The number of carbonyl (C=O) groups is 1. The molecule has 0 heterocycles. The van der Waals surface area contributed by atoms with Gasteiger partial charge in [-0.2, -0.15) is 0 Å². The van der Waals surface area contributed by atoms with Gasteiger partial charge < -0.3 is 15.2 Å². The molecule has 0 spiro atoms. The molecule has 5 nitrogen and oxygen atoms in total. The zero-order valence-corrected chi connectivity index (χ0v) is 8.62. The van der Waals surface area contributed by atoms with Gasteiger partial charge in [0.05, 0.1) is 0 Å². The van der Waals surface area contributed by atoms with Gasteiger partial charge in [0, 0.05) is 6.42 Å². The minimum atomic E-state index is -3.53. The molecule has 17 heavy (non-hydrogen) atoms. The average molecular weight is 245 g/mol. The molecule has 1 aromatic rings. The van der Waals surface area contributed by atoms with E-state index in [2.05, 4.69) is 0 Å². The van der Waals surface area contributed by atoms with E-state index < -0.39 is 30.5 Å². The summed E-state index contributed by atoms with van der Waals surface area (Å²) in [6.45, 7) is 0. The highest BCUT2D eigenvalue weighted by atomic mass is 19.2. The lowest BCUT2D eigenvalue weighted by molar-refractivity contribution is -0.180. The third-order valence-electron chi connectivity index (χ3n) is 2.15. The van der Waals surface area contributed by atoms with Crippen LogP contribution < -0.4 is 0 Å². The van der Waals surface area contributed by atoms with E-state index in [4.69, 9.17) is 15.2 Å². The van der Waals surface area contributed by atoms with E-state index in [9.17, 15) is 13.7 Å². The third kappa shape index (κ3) is 2.99. The second kappa shape index (κ2) is 5.22. The molecule has 92 valence electrons. The molecule has 0 aromatic heterocycles. The van der Waals surface area contributed by atoms with Crippen LogP contribution in [0.2, 0.25) is 0 Å². The molecule has 0 radical (unpaired) electrons. The van der Waals surface area contributed by atoms with Crippen molar-refractivity contribution in [1.29, 1.82) is 0 Å². The molecule has 1 rings (SSSR count). The second-order valence-corrected chi connectivity index (χ2v) is 3.38. The Kier molecular flexibility index (Phi) is 4.16. The van der Waals surface area contributed by atoms with E-state index in [1.165, 1.54) is 24.3 Å². The standard InChI is InChI=1S/C9H10BF2NO4/c11-9(8(14)15,13(12)10(16)17)6-7-4-2-1-3-5-7/h1-5,16-17H,6H2,(H,14,15). The largest absolute Gasteiger partial charge is 0.585 e. The maximum atomic E-state index is 13.9. The zero-order valence-electron chi connectivity index (χ0n) is 8.62. The Hall–Kier alpha value is -1.51. The van der Waals surface area contributed by atoms with Crippen molar-refractivity contribution >= 4 is 13.2 Å². The van der Waals surface area contributed by atoms with Gasteiger partial charge in [-0.25, -0.2) is 9.18 Å². The van der Waals surface area contributed by atoms with Crippen molar-refractivity contribution in [1.82, 2.24) is 5.03 Å². The van der Waals surface area contributed by atoms with Crippen LogP contribution in [0, 0.1) is 0 Å². The monoisotopic (exact) mass is 245 g/mol. The van der Waals surface area contributed by atoms with E-state index >= 15 is 0 Å². The number of carboxylic acids is 1. The van der Waals surface area contributed by atoms with Crippen LogP contribution in [0.15, 0.2) is 30.3 Å². The Labute approximate surface area is 96.0 Å². The molecule has 1 aromatic carbocycles. The minimum Gasteiger partial charge on any atom is -0.478 e. The summed E-state index contributed by atoms with van der Waals surface area (Å²) in [5, 5.41) is 24.5. The molecule has 1 atom stereocenters. The molecule has 0 fully saturated rings. The van der Waals surface area contributed by atoms with E-state index in [1.54, 1.807) is 6.07 Å². The lowest BCUT2D eigenvalue weighted by Gasteiger charge is -2.26. The van der Waals surface area contributed by atoms with Gasteiger partial charge in [0.15, 0.2) is 0 Å². The summed E-state index contributed by atoms with van der Waals surface area (Å²) in [6, 6.07) is 7.47. The molecule has 0 aliphatic heterocycles. The van der Waals surface area contributed by atoms with E-state index in [-0.39, 0.29) is 5.56 Å². The lowest BCUT2D eigenvalue weighted by Crippen LogP contribution is -2.55. The number of hydrogen-bond acceptors (Lipinski definition) is 4. The van der Waals surface area contributed by atoms with Crippen molar-refractivity contribution < 1.29 is 28.8 Å². The highest BCUT2D eigenvalue weighted by molar-refractivity contribution is 6.37. The van der Waals surface area contributed by atoms with Gasteiger partial charge in [-0.05, 0) is 5.56 Å². The second-order valence-electron chi connectivity index (χ2n) is 3.38. The maximum Gasteiger partial charge on any atom is 0.585 e. The molecule has 0 aliphatic carbocycles. The van der Waals surface area contributed by atoms with Crippen molar-refractivity contribution in [3.05, 3.63) is 35.9 Å². The first-order chi connectivity index (χ1) is 7.88. The average Bonchev–Trinajstić information content (AvgIpc) is 2.28. The summed E-state index contributed by atoms with van der Waals surface area (Å²) >= 11 is 0. The quantitative estimate of drug-likeness (QED) is 0.390. The van der Waals surface area contributed by atoms with Crippen LogP contribution in [-0.4, -0.2) is 39.2 Å². The summed E-state index contributed by atoms with van der Waals surface area (Å²) in [5.41, 5.74) is 0.209. The predicted molar refractivity (Wildman–Crippen MR) is 54.8 cm³/mol. The number of halogens is 2. The van der Waals surface area contributed by atoms with E-state index in [1.807, 2.05) is 0 Å². The lowest BCUT2D eigenvalue weighted by atomic mass is 9.98. The molecule has 0 saturated carbocycles. The number of alkyl halides is 1. The smallest absolute Gasteiger partial charge is 0.478 e. The number of carboxylic acid groups (broad SMARTS) is 1. The topological polar surface area (TPSA) is 81.0 Å². The van der Waals surface area contributed by atoms with E-state index in [0.29, 0.717) is 0 Å². The molecular weight excluding hydrogens is 235 g/mol. The van der Waals surface area contributed by atoms with Crippen LogP contribution in [0.3, 0.4) is 0 Å². The van der Waals surface area contributed by atoms with Crippen LogP contribution in [-0.2, 0) is 11.2 Å². The van der Waals surface area contributed by atoms with Crippen molar-refractivity contribution in [2.75, 3.05) is 0 Å². The van der Waals surface area contributed by atoms with Crippen LogP contribution >= 0.6 is 0 Å². The first-order valence-corrected chi connectivity index (χ1v) is 4.65. The fourth-order valence-corrected chi connectivity index (χ4v) is 1.29. The summed E-state index contributed by atoms with van der Waals surface area (Å²) in [4.78, 5) is 10.7. The Bertz CT molecular complexity index is 392. The Morgan fingerprint density at radius 2 is 1.88 bits per heavy atom. The Morgan fingerprint density at radius 3 is 2.29 bits per heavy atom. The Morgan fingerprint density at radius 1 is 1.35 bits per heavy atom. The SMILES string of the molecule is O=C(O)C(F)(Cc1ccccc1)N(F)B(O)O. The Balaban J connectivity index is 2.98. The van der Waals surface area contributed by atoms with Gasteiger partial charge in [0.1, 0.15) is 0 Å². The molecule has 0 amide bonds. The normalized spacial score (nSPS) is 14.4. The number of benzene rings is 1. The minimum absolute atomic E-state index is 0.209. The fraction of sp³-hybridized carbons (Fsp3) is 0.222. The van der Waals surface area contributed by atoms with Crippen molar-refractivity contribution in [3.63, 3.8) is 0 Å². The van der Waals surface area contributed by atoms with Gasteiger partial charge in [-0.1, -0.05) is 35.4 Å². The first kappa shape index (κ1) is 13.6. The predicted octanol–water partition coefficient (Wildman–Crippen LogP) is 0.136. The first-order valence-electron chi connectivity index (χ1n) is 4.65. The summed E-state index contributed by atoms with van der Waals surface area (Å²) in [6.07, 6.45) is -0.850. The van der Waals surface area contributed by atoms with Crippen molar-refractivity contribution in [2.45, 2.75) is 12.2 Å². The highest BCUT2D eigenvalue weighted by Crippen LogP contribution is 2.24. The van der Waals surface area contributed by atoms with Crippen LogP contribution in [0.1, 0.15) is 5.56 Å². The van der Waals surface area contributed by atoms with Gasteiger partial charge in [-0.3, -0.25) is 0 Å². The van der Waals surface area contributed by atoms with Crippen LogP contribution in [0.25, 0.3) is 0 Å². The van der Waals surface area contributed by atoms with Gasteiger partial charge >= 0.3 is 13.2 Å². The third-order valence-corrected chi connectivity index (χ3v) is 2.15. The number of rotatable bonds is 5. The van der Waals surface area contributed by atoms with E-state index in [0.717, 1.165) is 0 Å². The zero-order chi connectivity index (χ0) is 13.1. The van der Waals surface area contributed by atoms with Gasteiger partial charge in [0.2, 0.25) is 0 Å². The van der Waals surface area contributed by atoms with Crippen LogP contribution in [0.5, 0.6) is 0 Å². The molecule has 3 N–H and O–H groups in total. The summed E-state index contributed by atoms with van der Waals surface area (Å²) in [5.74, 6) is -5.67. The van der Waals surface area contributed by atoms with Crippen molar-refractivity contribution in [2.24, 2.45) is 0 Å². The number of nitrogens with zero attached hydrogens (tertiary/aromatic N) is 1. The fourth-order valence-electron chi connectivity index (χ4n) is 1.29. The molecular formula is C9H10BF2NO4. The van der Waals surface area contributed by atoms with Gasteiger partial charge in [0.25, 0.3) is 5.79 Å². The molecule has 0 aliphatic rings. The number of aliphatic carboxylic acids is 1. The molecule has 0 bridgehead atoms. The van der Waals surface area contributed by atoms with Crippen molar-refractivity contribution in [3.8, 4) is 0 Å². The maximum absolute atomic E-state index is 13.9. The molecule has 8 heteroatoms.